The first-order valence-corrected chi connectivity index (χ1v) is 8.89. The maximum Gasteiger partial charge on any atom is 0.236 e. The van der Waals surface area contributed by atoms with Crippen molar-refractivity contribution < 1.29 is 4.79 Å². The molecule has 1 amide bonds. The molecule has 2 aromatic rings. The van der Waals surface area contributed by atoms with Gasteiger partial charge in [-0.3, -0.25) is 19.1 Å². The van der Waals surface area contributed by atoms with E-state index in [4.69, 9.17) is 0 Å². The Balaban J connectivity index is 1.56. The van der Waals surface area contributed by atoms with E-state index in [9.17, 15) is 4.79 Å². The summed E-state index contributed by atoms with van der Waals surface area (Å²) in [4.78, 5) is 16.7. The molecule has 1 fully saturated rings. The fourth-order valence-corrected chi connectivity index (χ4v) is 3.58. The van der Waals surface area contributed by atoms with Gasteiger partial charge in [-0.25, -0.2) is 0 Å². The predicted octanol–water partition coefficient (Wildman–Crippen LogP) is 1.36. The Bertz CT molecular complexity index is 734. The van der Waals surface area contributed by atoms with Crippen molar-refractivity contribution in [3.8, 4) is 0 Å². The van der Waals surface area contributed by atoms with Crippen LogP contribution in [0.25, 0.3) is 0 Å². The summed E-state index contributed by atoms with van der Waals surface area (Å²) in [5.41, 5.74) is 3.29. The van der Waals surface area contributed by atoms with Crippen LogP contribution in [0.5, 0.6) is 0 Å². The normalized spacial score (nSPS) is 18.0. The highest BCUT2D eigenvalue weighted by Gasteiger charge is 2.28. The molecule has 2 aromatic heterocycles. The van der Waals surface area contributed by atoms with E-state index in [0.717, 1.165) is 37.2 Å². The van der Waals surface area contributed by atoms with Crippen LogP contribution in [0, 0.1) is 13.8 Å². The van der Waals surface area contributed by atoms with Gasteiger partial charge < -0.3 is 4.90 Å². The first-order chi connectivity index (χ1) is 11.9. The van der Waals surface area contributed by atoms with Crippen LogP contribution in [0.3, 0.4) is 0 Å². The molecule has 7 nitrogen and oxygen atoms in total. The molecule has 0 unspecified atom stereocenters. The number of aryl methyl sites for hydroxylation is 3. The number of hydrogen-bond donors (Lipinski definition) is 0. The molecule has 25 heavy (non-hydrogen) atoms. The summed E-state index contributed by atoms with van der Waals surface area (Å²) in [5.74, 6) is 0.157. The Hall–Kier alpha value is -2.15. The fraction of sp³-hybridized carbons (Fsp3) is 0.611. The second kappa shape index (κ2) is 7.39. The third kappa shape index (κ3) is 4.28. The van der Waals surface area contributed by atoms with Crippen molar-refractivity contribution in [2.75, 3.05) is 20.1 Å². The lowest BCUT2D eigenvalue weighted by Crippen LogP contribution is -2.42. The smallest absolute Gasteiger partial charge is 0.236 e. The van der Waals surface area contributed by atoms with Crippen molar-refractivity contribution in [1.29, 1.82) is 0 Å². The van der Waals surface area contributed by atoms with Crippen molar-refractivity contribution >= 4 is 5.91 Å². The Labute approximate surface area is 149 Å². The van der Waals surface area contributed by atoms with Crippen molar-refractivity contribution in [3.63, 3.8) is 0 Å². The van der Waals surface area contributed by atoms with Gasteiger partial charge in [0, 0.05) is 44.1 Å². The number of hydrogen-bond acceptors (Lipinski definition) is 4. The minimum atomic E-state index is 0.157. The third-order valence-electron chi connectivity index (χ3n) is 4.93. The van der Waals surface area contributed by atoms with E-state index in [0.29, 0.717) is 19.1 Å². The topological polar surface area (TPSA) is 59.2 Å². The van der Waals surface area contributed by atoms with Crippen molar-refractivity contribution in [2.24, 2.45) is 7.05 Å². The number of aromatic nitrogens is 4. The zero-order chi connectivity index (χ0) is 18.0. The quantitative estimate of drug-likeness (QED) is 0.794. The number of carbonyl (C=O) groups excluding carboxylic acids is 1. The summed E-state index contributed by atoms with van der Waals surface area (Å²) in [5, 5.41) is 8.73. The minimum absolute atomic E-state index is 0.157. The van der Waals surface area contributed by atoms with Gasteiger partial charge in [0.1, 0.15) is 0 Å². The number of carbonyl (C=O) groups is 1. The van der Waals surface area contributed by atoms with E-state index in [1.54, 1.807) is 9.58 Å². The van der Waals surface area contributed by atoms with Crippen LogP contribution in [-0.2, 0) is 24.9 Å². The summed E-state index contributed by atoms with van der Waals surface area (Å²) < 4.78 is 3.83. The third-order valence-corrected chi connectivity index (χ3v) is 4.93. The SMILES string of the molecule is Cc1cc(C)n(C[C@H]2CCCN2CC(=O)N(C)Cc2cnn(C)c2)n1. The largest absolute Gasteiger partial charge is 0.340 e. The molecular weight excluding hydrogens is 316 g/mol. The molecule has 1 atom stereocenters. The minimum Gasteiger partial charge on any atom is -0.340 e. The molecule has 7 heteroatoms. The van der Waals surface area contributed by atoms with Gasteiger partial charge in [0.05, 0.1) is 25.0 Å². The number of likely N-dealkylation sites (N-methyl/N-ethyl adjacent to an activating group) is 1. The highest BCUT2D eigenvalue weighted by Crippen LogP contribution is 2.19. The molecule has 136 valence electrons. The average Bonchev–Trinajstić information content (AvgIpc) is 3.23. The lowest BCUT2D eigenvalue weighted by Gasteiger charge is -2.26. The van der Waals surface area contributed by atoms with Gasteiger partial charge >= 0.3 is 0 Å². The van der Waals surface area contributed by atoms with E-state index >= 15 is 0 Å². The van der Waals surface area contributed by atoms with Crippen LogP contribution in [-0.4, -0.2) is 61.4 Å². The van der Waals surface area contributed by atoms with Crippen LogP contribution >= 0.6 is 0 Å². The van der Waals surface area contributed by atoms with E-state index in [1.165, 1.54) is 5.69 Å². The second-order valence-electron chi connectivity index (χ2n) is 7.15. The molecule has 0 aliphatic carbocycles. The predicted molar refractivity (Wildman–Crippen MR) is 96.0 cm³/mol. The molecule has 0 aromatic carbocycles. The summed E-state index contributed by atoms with van der Waals surface area (Å²) in [7, 11) is 3.75. The Morgan fingerprint density at radius 3 is 2.84 bits per heavy atom. The first-order valence-electron chi connectivity index (χ1n) is 8.89. The maximum absolute atomic E-state index is 12.6. The standard InChI is InChI=1S/C18H28N6O/c1-14-8-15(2)24(20-14)12-17-6-5-7-23(17)13-18(25)21(3)10-16-9-19-22(4)11-16/h8-9,11,17H,5-7,10,12-13H2,1-4H3/t17-/m1/s1. The Morgan fingerprint density at radius 1 is 1.40 bits per heavy atom. The zero-order valence-corrected chi connectivity index (χ0v) is 15.6. The van der Waals surface area contributed by atoms with Crippen LogP contribution in [0.15, 0.2) is 18.5 Å². The molecule has 3 heterocycles. The van der Waals surface area contributed by atoms with Crippen molar-refractivity contribution in [3.05, 3.63) is 35.4 Å². The fourth-order valence-electron chi connectivity index (χ4n) is 3.58. The summed E-state index contributed by atoms with van der Waals surface area (Å²) in [6.45, 7) is 7.03. The maximum atomic E-state index is 12.6. The van der Waals surface area contributed by atoms with E-state index in [1.807, 2.05) is 33.4 Å². The Morgan fingerprint density at radius 2 is 2.20 bits per heavy atom. The van der Waals surface area contributed by atoms with E-state index in [2.05, 4.69) is 32.8 Å². The highest BCUT2D eigenvalue weighted by atomic mass is 16.2. The van der Waals surface area contributed by atoms with Crippen LogP contribution < -0.4 is 0 Å². The summed E-state index contributed by atoms with van der Waals surface area (Å²) in [6, 6.07) is 2.49. The van der Waals surface area contributed by atoms with Crippen molar-refractivity contribution in [2.45, 2.75) is 45.8 Å². The summed E-state index contributed by atoms with van der Waals surface area (Å²) >= 11 is 0. The van der Waals surface area contributed by atoms with Gasteiger partial charge in [0.2, 0.25) is 5.91 Å². The number of nitrogens with zero attached hydrogens (tertiary/aromatic N) is 6. The molecule has 1 aliphatic heterocycles. The van der Waals surface area contributed by atoms with Gasteiger partial charge in [0.15, 0.2) is 0 Å². The average molecular weight is 344 g/mol. The lowest BCUT2D eigenvalue weighted by molar-refractivity contribution is -0.131. The van der Waals surface area contributed by atoms with Gasteiger partial charge in [0.25, 0.3) is 0 Å². The highest BCUT2D eigenvalue weighted by molar-refractivity contribution is 5.78. The van der Waals surface area contributed by atoms with Gasteiger partial charge in [-0.05, 0) is 39.3 Å². The number of amides is 1. The van der Waals surface area contributed by atoms with E-state index < -0.39 is 0 Å². The molecule has 3 rings (SSSR count). The number of likely N-dealkylation sites (tertiary alicyclic amines) is 1. The Kier molecular flexibility index (Phi) is 5.22. The van der Waals surface area contributed by atoms with Crippen LogP contribution in [0.2, 0.25) is 0 Å². The van der Waals surface area contributed by atoms with Crippen LogP contribution in [0.4, 0.5) is 0 Å². The molecule has 0 radical (unpaired) electrons. The molecule has 0 spiro atoms. The molecule has 1 saturated heterocycles. The molecule has 1 aliphatic rings. The molecule has 0 bridgehead atoms. The second-order valence-corrected chi connectivity index (χ2v) is 7.15. The lowest BCUT2D eigenvalue weighted by atomic mass is 10.2. The van der Waals surface area contributed by atoms with Crippen molar-refractivity contribution in [1.82, 2.24) is 29.4 Å². The summed E-state index contributed by atoms with van der Waals surface area (Å²) in [6.07, 6.45) is 6.03. The van der Waals surface area contributed by atoms with Gasteiger partial charge in [-0.1, -0.05) is 0 Å². The van der Waals surface area contributed by atoms with E-state index in [-0.39, 0.29) is 5.91 Å². The van der Waals surface area contributed by atoms with Gasteiger partial charge in [-0.2, -0.15) is 10.2 Å². The van der Waals surface area contributed by atoms with Gasteiger partial charge in [-0.15, -0.1) is 0 Å². The number of rotatable bonds is 6. The molecule has 0 N–H and O–H groups in total. The zero-order valence-electron chi connectivity index (χ0n) is 15.6. The molecule has 0 saturated carbocycles. The molecular formula is C18H28N6O. The van der Waals surface area contributed by atoms with Crippen LogP contribution in [0.1, 0.15) is 29.8 Å². The monoisotopic (exact) mass is 344 g/mol. The first kappa shape index (κ1) is 17.7.